The van der Waals surface area contributed by atoms with Crippen molar-refractivity contribution in [3.05, 3.63) is 65.5 Å². The second kappa shape index (κ2) is 15.3. The number of rotatable bonds is 6. The van der Waals surface area contributed by atoms with Crippen LogP contribution in [0.3, 0.4) is 0 Å². The van der Waals surface area contributed by atoms with Crippen LogP contribution < -0.4 is 20.7 Å². The van der Waals surface area contributed by atoms with Gasteiger partial charge in [-0.05, 0) is 55.9 Å². The van der Waals surface area contributed by atoms with E-state index in [0.717, 1.165) is 24.4 Å². The summed E-state index contributed by atoms with van der Waals surface area (Å²) >= 11 is 0. The summed E-state index contributed by atoms with van der Waals surface area (Å²) in [6.45, 7) is 3.89. The van der Waals surface area contributed by atoms with E-state index in [0.29, 0.717) is 64.0 Å². The van der Waals surface area contributed by atoms with Crippen LogP contribution in [0.5, 0.6) is 5.75 Å². The van der Waals surface area contributed by atoms with Crippen molar-refractivity contribution in [1.82, 2.24) is 20.9 Å². The number of carbonyl (C=O) groups is 3. The van der Waals surface area contributed by atoms with Gasteiger partial charge in [-0.1, -0.05) is 30.3 Å². The molecule has 2 aromatic rings. The minimum absolute atomic E-state index is 0.00846. The predicted octanol–water partition coefficient (Wildman–Crippen LogP) is 2.33. The lowest BCUT2D eigenvalue weighted by atomic mass is 10.1. The number of carbonyl (C=O) groups excluding carboxylic acids is 3. The van der Waals surface area contributed by atoms with Gasteiger partial charge in [0.15, 0.2) is 0 Å². The third kappa shape index (κ3) is 9.31. The van der Waals surface area contributed by atoms with Crippen molar-refractivity contribution < 1.29 is 28.2 Å². The Kier molecular flexibility index (Phi) is 11.3. The van der Waals surface area contributed by atoms with Gasteiger partial charge in [-0.3, -0.25) is 19.3 Å². The number of benzene rings is 2. The number of morpholine rings is 1. The first-order chi connectivity index (χ1) is 19.5. The summed E-state index contributed by atoms with van der Waals surface area (Å²) in [6, 6.07) is 12.3. The zero-order valence-electron chi connectivity index (χ0n) is 22.8. The largest absolute Gasteiger partial charge is 0.494 e. The van der Waals surface area contributed by atoms with Crippen molar-refractivity contribution in [2.75, 3.05) is 39.5 Å². The Bertz CT molecular complexity index is 1140. The highest BCUT2D eigenvalue weighted by Crippen LogP contribution is 2.16. The molecule has 40 heavy (non-hydrogen) atoms. The molecule has 3 amide bonds. The van der Waals surface area contributed by atoms with Crippen LogP contribution in [0.2, 0.25) is 0 Å². The highest BCUT2D eigenvalue weighted by molar-refractivity contribution is 5.92. The minimum Gasteiger partial charge on any atom is -0.494 e. The van der Waals surface area contributed by atoms with Crippen LogP contribution in [0.4, 0.5) is 4.39 Å². The summed E-state index contributed by atoms with van der Waals surface area (Å²) in [5, 5.41) is 8.53. The molecule has 4 rings (SSSR count). The van der Waals surface area contributed by atoms with Crippen LogP contribution in [-0.4, -0.2) is 74.2 Å². The number of amides is 3. The number of fused-ring (bicyclic) bond motifs is 2. The average molecular weight is 555 g/mol. The molecule has 2 aliphatic rings. The summed E-state index contributed by atoms with van der Waals surface area (Å²) in [4.78, 5) is 41.8. The van der Waals surface area contributed by atoms with Crippen molar-refractivity contribution in [3.63, 3.8) is 0 Å². The van der Waals surface area contributed by atoms with E-state index in [-0.39, 0.29) is 18.9 Å². The van der Waals surface area contributed by atoms with E-state index in [1.54, 1.807) is 18.2 Å². The molecule has 2 bridgehead atoms. The van der Waals surface area contributed by atoms with Gasteiger partial charge < -0.3 is 25.4 Å². The first-order valence-corrected chi connectivity index (χ1v) is 14.1. The standard InChI is InChI=1S/C30H39FN4O5/c31-25-9-2-1-7-23(25)21-32-29(37)26-10-3-4-17-40-24-8-5-6-22(20-24)11-12-28(36)33-27(30(38)34-26)13-14-35-15-18-39-19-16-35/h1-2,5-9,20,26-27H,3-4,10-19,21H2,(H,32,37)(H,33,36)(H,34,38)/t26-,27-/m0/s1. The summed E-state index contributed by atoms with van der Waals surface area (Å²) in [5.74, 6) is -0.707. The third-order valence-electron chi connectivity index (χ3n) is 7.23. The van der Waals surface area contributed by atoms with Crippen LogP contribution in [-0.2, 0) is 32.1 Å². The first-order valence-electron chi connectivity index (χ1n) is 14.1. The van der Waals surface area contributed by atoms with Crippen molar-refractivity contribution in [1.29, 1.82) is 0 Å². The molecular formula is C30H39FN4O5. The molecule has 0 aromatic heterocycles. The maximum Gasteiger partial charge on any atom is 0.243 e. The molecule has 0 unspecified atom stereocenters. The molecule has 0 aliphatic carbocycles. The molecule has 2 atom stereocenters. The number of nitrogens with zero attached hydrogens (tertiary/aromatic N) is 1. The molecule has 2 aromatic carbocycles. The molecule has 0 spiro atoms. The molecule has 0 radical (unpaired) electrons. The van der Waals surface area contributed by atoms with Gasteiger partial charge in [-0.15, -0.1) is 0 Å². The third-order valence-corrected chi connectivity index (χ3v) is 7.23. The molecular weight excluding hydrogens is 515 g/mol. The van der Waals surface area contributed by atoms with Crippen molar-refractivity contribution >= 4 is 17.7 Å². The van der Waals surface area contributed by atoms with Gasteiger partial charge in [-0.2, -0.15) is 0 Å². The Hall–Kier alpha value is -3.50. The highest BCUT2D eigenvalue weighted by Gasteiger charge is 2.27. The number of ether oxygens (including phenoxy) is 2. The maximum atomic E-state index is 14.1. The van der Waals surface area contributed by atoms with Crippen LogP contribution in [0.15, 0.2) is 48.5 Å². The number of nitrogens with one attached hydrogen (secondary N) is 3. The first kappa shape index (κ1) is 29.5. The van der Waals surface area contributed by atoms with Gasteiger partial charge in [0.2, 0.25) is 17.7 Å². The van der Waals surface area contributed by atoms with Gasteiger partial charge >= 0.3 is 0 Å². The maximum absolute atomic E-state index is 14.1. The van der Waals surface area contributed by atoms with Crippen molar-refractivity contribution in [3.8, 4) is 5.75 Å². The van der Waals surface area contributed by atoms with E-state index in [2.05, 4.69) is 20.9 Å². The van der Waals surface area contributed by atoms with Crippen LogP contribution in [0, 0.1) is 5.82 Å². The zero-order chi connectivity index (χ0) is 28.2. The average Bonchev–Trinajstić information content (AvgIpc) is 2.97. The fourth-order valence-corrected chi connectivity index (χ4v) is 4.85. The second-order valence-electron chi connectivity index (χ2n) is 10.2. The minimum atomic E-state index is -0.835. The molecule has 9 nitrogen and oxygen atoms in total. The van der Waals surface area contributed by atoms with Crippen LogP contribution in [0.25, 0.3) is 0 Å². The molecule has 1 fully saturated rings. The Labute approximate surface area is 234 Å². The smallest absolute Gasteiger partial charge is 0.243 e. The van der Waals surface area contributed by atoms with Gasteiger partial charge in [-0.25, -0.2) is 4.39 Å². The van der Waals surface area contributed by atoms with Crippen molar-refractivity contribution in [2.24, 2.45) is 0 Å². The lowest BCUT2D eigenvalue weighted by molar-refractivity contribution is -0.132. The van der Waals surface area contributed by atoms with Gasteiger partial charge in [0.1, 0.15) is 23.7 Å². The Morgan fingerprint density at radius 1 is 1.00 bits per heavy atom. The topological polar surface area (TPSA) is 109 Å². The van der Waals surface area contributed by atoms with E-state index >= 15 is 0 Å². The van der Waals surface area contributed by atoms with Crippen LogP contribution in [0.1, 0.15) is 43.2 Å². The van der Waals surface area contributed by atoms with Crippen LogP contribution >= 0.6 is 0 Å². The molecule has 2 heterocycles. The van der Waals surface area contributed by atoms with Crippen molar-refractivity contribution in [2.45, 2.75) is 57.2 Å². The predicted molar refractivity (Wildman–Crippen MR) is 148 cm³/mol. The van der Waals surface area contributed by atoms with E-state index in [1.807, 2.05) is 24.3 Å². The number of hydrogen-bond donors (Lipinski definition) is 3. The van der Waals surface area contributed by atoms with Gasteiger partial charge in [0, 0.05) is 38.2 Å². The van der Waals surface area contributed by atoms with E-state index < -0.39 is 29.7 Å². The summed E-state index contributed by atoms with van der Waals surface area (Å²) in [5.41, 5.74) is 1.35. The molecule has 1 saturated heterocycles. The van der Waals surface area contributed by atoms with E-state index in [4.69, 9.17) is 9.47 Å². The zero-order valence-corrected chi connectivity index (χ0v) is 22.8. The van der Waals surface area contributed by atoms with E-state index in [1.165, 1.54) is 6.07 Å². The Morgan fingerprint density at radius 3 is 2.65 bits per heavy atom. The number of halogens is 1. The Balaban J connectivity index is 1.47. The number of aryl methyl sites for hydroxylation is 1. The summed E-state index contributed by atoms with van der Waals surface area (Å²) < 4.78 is 25.4. The molecule has 2 aliphatic heterocycles. The fourth-order valence-electron chi connectivity index (χ4n) is 4.85. The van der Waals surface area contributed by atoms with E-state index in [9.17, 15) is 18.8 Å². The molecule has 216 valence electrons. The molecule has 10 heteroatoms. The second-order valence-corrected chi connectivity index (χ2v) is 10.2. The lowest BCUT2D eigenvalue weighted by Gasteiger charge is -2.29. The SMILES string of the molecule is O=C1CCc2cccc(c2)OCCCC[C@@H](C(=O)NCc2ccccc2F)NC(=O)[C@H](CCN2CCOCC2)N1. The van der Waals surface area contributed by atoms with Gasteiger partial charge in [0.25, 0.3) is 0 Å². The fraction of sp³-hybridized carbons (Fsp3) is 0.500. The normalized spacial score (nSPS) is 21.5. The monoisotopic (exact) mass is 554 g/mol. The molecule has 3 N–H and O–H groups in total. The lowest BCUT2D eigenvalue weighted by Crippen LogP contribution is -2.54. The highest BCUT2D eigenvalue weighted by atomic mass is 19.1. The summed E-state index contributed by atoms with van der Waals surface area (Å²) in [7, 11) is 0. The quantitative estimate of drug-likeness (QED) is 0.506. The summed E-state index contributed by atoms with van der Waals surface area (Å²) in [6.07, 6.45) is 2.84. The molecule has 0 saturated carbocycles. The number of hydrogen-bond acceptors (Lipinski definition) is 6. The Morgan fingerprint density at radius 2 is 1.82 bits per heavy atom. The van der Waals surface area contributed by atoms with Gasteiger partial charge in [0.05, 0.1) is 19.8 Å².